The van der Waals surface area contributed by atoms with Gasteiger partial charge in [-0.15, -0.1) is 22.7 Å². The molecule has 2 aromatic heterocycles. The zero-order valence-corrected chi connectivity index (χ0v) is 19.8. The fourth-order valence-corrected chi connectivity index (χ4v) is 6.45. The Morgan fingerprint density at radius 1 is 1.15 bits per heavy atom. The normalized spacial score (nSPS) is 13.9. The number of non-ortho nitro benzene ring substituents is 1. The van der Waals surface area contributed by atoms with E-state index in [1.165, 1.54) is 34.7 Å². The Kier molecular flexibility index (Phi) is 5.69. The SMILES string of the molecule is CC(C)N1CCc2c(sc(NC(=O)c3ccc([N+](=O)[O-])cc3)c2-c2nc3ccccc3s2)C1. The summed E-state index contributed by atoms with van der Waals surface area (Å²) in [6, 6.07) is 14.2. The van der Waals surface area contributed by atoms with Crippen molar-refractivity contribution in [2.75, 3.05) is 11.9 Å². The van der Waals surface area contributed by atoms with Gasteiger partial charge in [0.2, 0.25) is 0 Å². The lowest BCUT2D eigenvalue weighted by Gasteiger charge is -2.30. The van der Waals surface area contributed by atoms with Gasteiger partial charge in [-0.05, 0) is 50.1 Å². The molecule has 9 heteroatoms. The van der Waals surface area contributed by atoms with E-state index >= 15 is 0 Å². The average molecular weight is 479 g/mol. The van der Waals surface area contributed by atoms with E-state index in [1.54, 1.807) is 22.7 Å². The zero-order chi connectivity index (χ0) is 23.1. The first-order chi connectivity index (χ1) is 15.9. The number of para-hydroxylation sites is 1. The molecule has 0 saturated heterocycles. The van der Waals surface area contributed by atoms with E-state index in [0.717, 1.165) is 45.3 Å². The summed E-state index contributed by atoms with van der Waals surface area (Å²) in [5.74, 6) is -0.286. The number of anilines is 1. The summed E-state index contributed by atoms with van der Waals surface area (Å²) >= 11 is 3.24. The lowest BCUT2D eigenvalue weighted by molar-refractivity contribution is -0.384. The van der Waals surface area contributed by atoms with Gasteiger partial charge in [0.05, 0.1) is 15.1 Å². The number of amides is 1. The second kappa shape index (κ2) is 8.66. The average Bonchev–Trinajstić information content (AvgIpc) is 3.38. The van der Waals surface area contributed by atoms with Gasteiger partial charge in [-0.3, -0.25) is 19.8 Å². The van der Waals surface area contributed by atoms with Crippen molar-refractivity contribution in [3.05, 3.63) is 74.6 Å². The van der Waals surface area contributed by atoms with Crippen LogP contribution in [0.4, 0.5) is 10.7 Å². The Hall–Kier alpha value is -3.14. The van der Waals surface area contributed by atoms with Crippen LogP contribution in [0.3, 0.4) is 0 Å². The topological polar surface area (TPSA) is 88.4 Å². The van der Waals surface area contributed by atoms with Gasteiger partial charge < -0.3 is 5.32 Å². The van der Waals surface area contributed by atoms with Gasteiger partial charge in [-0.25, -0.2) is 4.98 Å². The van der Waals surface area contributed by atoms with Crippen LogP contribution in [0.2, 0.25) is 0 Å². The molecule has 0 aliphatic carbocycles. The predicted octanol–water partition coefficient (Wildman–Crippen LogP) is 5.95. The summed E-state index contributed by atoms with van der Waals surface area (Å²) < 4.78 is 1.11. The van der Waals surface area contributed by atoms with Gasteiger partial charge in [0.25, 0.3) is 11.6 Å². The smallest absolute Gasteiger partial charge is 0.269 e. The molecule has 0 unspecified atom stereocenters. The molecule has 4 aromatic rings. The number of nitrogens with one attached hydrogen (secondary N) is 1. The number of aromatic nitrogens is 1. The van der Waals surface area contributed by atoms with Gasteiger partial charge in [0.1, 0.15) is 10.0 Å². The molecular weight excluding hydrogens is 456 g/mol. The van der Waals surface area contributed by atoms with E-state index in [0.29, 0.717) is 11.6 Å². The van der Waals surface area contributed by atoms with Crippen molar-refractivity contribution >= 4 is 49.5 Å². The van der Waals surface area contributed by atoms with E-state index in [4.69, 9.17) is 4.98 Å². The Morgan fingerprint density at radius 3 is 2.61 bits per heavy atom. The summed E-state index contributed by atoms with van der Waals surface area (Å²) in [4.78, 5) is 32.1. The minimum absolute atomic E-state index is 0.0397. The predicted molar refractivity (Wildman–Crippen MR) is 133 cm³/mol. The number of carbonyl (C=O) groups excluding carboxylic acids is 1. The number of hydrogen-bond donors (Lipinski definition) is 1. The van der Waals surface area contributed by atoms with E-state index in [2.05, 4.69) is 30.1 Å². The number of nitro benzene ring substituents is 1. The van der Waals surface area contributed by atoms with Crippen molar-refractivity contribution < 1.29 is 9.72 Å². The Bertz CT molecular complexity index is 1330. The Morgan fingerprint density at radius 2 is 1.91 bits per heavy atom. The van der Waals surface area contributed by atoms with Gasteiger partial charge in [0, 0.05) is 47.3 Å². The third-order valence-electron chi connectivity index (χ3n) is 5.89. The largest absolute Gasteiger partial charge is 0.313 e. The number of hydrogen-bond acceptors (Lipinski definition) is 7. The molecule has 0 saturated carbocycles. The molecule has 5 rings (SSSR count). The number of fused-ring (bicyclic) bond motifs is 2. The Labute approximate surface area is 198 Å². The van der Waals surface area contributed by atoms with Crippen LogP contribution >= 0.6 is 22.7 Å². The van der Waals surface area contributed by atoms with Gasteiger partial charge in [-0.2, -0.15) is 0 Å². The third-order valence-corrected chi connectivity index (χ3v) is 8.08. The van der Waals surface area contributed by atoms with Crippen LogP contribution in [-0.2, 0) is 13.0 Å². The van der Waals surface area contributed by atoms with Crippen LogP contribution < -0.4 is 5.32 Å². The van der Waals surface area contributed by atoms with Gasteiger partial charge in [-0.1, -0.05) is 12.1 Å². The molecule has 33 heavy (non-hydrogen) atoms. The summed E-state index contributed by atoms with van der Waals surface area (Å²) in [6.07, 6.45) is 0.905. The maximum Gasteiger partial charge on any atom is 0.269 e. The van der Waals surface area contributed by atoms with Crippen molar-refractivity contribution in [3.63, 3.8) is 0 Å². The molecule has 1 aliphatic heterocycles. The summed E-state index contributed by atoms with van der Waals surface area (Å²) in [7, 11) is 0. The molecule has 1 aliphatic rings. The number of nitrogens with zero attached hydrogens (tertiary/aromatic N) is 3. The molecule has 168 valence electrons. The van der Waals surface area contributed by atoms with E-state index < -0.39 is 4.92 Å². The second-order valence-electron chi connectivity index (χ2n) is 8.27. The quantitative estimate of drug-likeness (QED) is 0.283. The number of rotatable bonds is 5. The Balaban J connectivity index is 1.54. The minimum Gasteiger partial charge on any atom is -0.313 e. The summed E-state index contributed by atoms with van der Waals surface area (Å²) in [6.45, 7) is 6.21. The van der Waals surface area contributed by atoms with Crippen LogP contribution in [0.5, 0.6) is 0 Å². The van der Waals surface area contributed by atoms with Crippen molar-refractivity contribution in [1.29, 1.82) is 0 Å². The molecule has 1 amide bonds. The molecular formula is C24H22N4O3S2. The van der Waals surface area contributed by atoms with Gasteiger partial charge in [0.15, 0.2) is 0 Å². The van der Waals surface area contributed by atoms with Crippen molar-refractivity contribution in [2.45, 2.75) is 32.9 Å². The molecule has 0 atom stereocenters. The van der Waals surface area contributed by atoms with E-state index in [-0.39, 0.29) is 11.6 Å². The number of benzene rings is 2. The monoisotopic (exact) mass is 478 g/mol. The standard InChI is InChI=1S/C24H22N4O3S2/c1-14(2)27-12-11-17-20(13-27)33-24(21(17)23-25-18-5-3-4-6-19(18)32-23)26-22(29)15-7-9-16(10-8-15)28(30)31/h3-10,14H,11-13H2,1-2H3,(H,26,29). The number of thiophene rings is 1. The first-order valence-electron chi connectivity index (χ1n) is 10.7. The highest BCUT2D eigenvalue weighted by molar-refractivity contribution is 7.23. The molecule has 1 N–H and O–H groups in total. The number of thiazole rings is 1. The van der Waals surface area contributed by atoms with Crippen LogP contribution in [-0.4, -0.2) is 33.3 Å². The summed E-state index contributed by atoms with van der Waals surface area (Å²) in [5.41, 5.74) is 3.56. The molecule has 0 radical (unpaired) electrons. The molecule has 0 bridgehead atoms. The highest BCUT2D eigenvalue weighted by atomic mass is 32.1. The zero-order valence-electron chi connectivity index (χ0n) is 18.2. The lowest BCUT2D eigenvalue weighted by Crippen LogP contribution is -2.35. The van der Waals surface area contributed by atoms with E-state index in [9.17, 15) is 14.9 Å². The lowest BCUT2D eigenvalue weighted by atomic mass is 10.0. The number of carbonyl (C=O) groups is 1. The third kappa shape index (κ3) is 4.15. The van der Waals surface area contributed by atoms with Crippen molar-refractivity contribution in [3.8, 4) is 10.6 Å². The van der Waals surface area contributed by atoms with Crippen LogP contribution in [0.25, 0.3) is 20.8 Å². The molecule has 2 aromatic carbocycles. The molecule has 0 fully saturated rings. The molecule has 0 spiro atoms. The second-order valence-corrected chi connectivity index (χ2v) is 10.4. The maximum atomic E-state index is 13.0. The fourth-order valence-electron chi connectivity index (χ4n) is 4.07. The number of nitro groups is 1. The minimum atomic E-state index is -0.472. The van der Waals surface area contributed by atoms with Crippen molar-refractivity contribution in [1.82, 2.24) is 9.88 Å². The molecule has 3 heterocycles. The maximum absolute atomic E-state index is 13.0. The van der Waals surface area contributed by atoms with Crippen molar-refractivity contribution in [2.24, 2.45) is 0 Å². The fraction of sp³-hybridized carbons (Fsp3) is 0.250. The van der Waals surface area contributed by atoms with Crippen LogP contribution in [0.15, 0.2) is 48.5 Å². The molecule has 7 nitrogen and oxygen atoms in total. The summed E-state index contributed by atoms with van der Waals surface area (Å²) in [5, 5.41) is 15.7. The highest BCUT2D eigenvalue weighted by Crippen LogP contribution is 2.46. The van der Waals surface area contributed by atoms with Gasteiger partial charge >= 0.3 is 0 Å². The van der Waals surface area contributed by atoms with Crippen LogP contribution in [0.1, 0.15) is 34.6 Å². The van der Waals surface area contributed by atoms with Crippen LogP contribution in [0, 0.1) is 10.1 Å². The first kappa shape index (κ1) is 21.7. The van der Waals surface area contributed by atoms with E-state index in [1.807, 2.05) is 18.2 Å². The first-order valence-corrected chi connectivity index (χ1v) is 12.3. The highest BCUT2D eigenvalue weighted by Gasteiger charge is 2.28.